The molecule has 1 atom stereocenters. The average molecular weight is 342 g/mol. The molecule has 1 heterocycles. The number of rotatable bonds is 7. The average Bonchev–Trinajstić information content (AvgIpc) is 2.58. The molecule has 8 nitrogen and oxygen atoms in total. The van der Waals surface area contributed by atoms with Crippen molar-refractivity contribution in [2.45, 2.75) is 26.3 Å². The van der Waals surface area contributed by atoms with Gasteiger partial charge in [-0.2, -0.15) is 0 Å². The van der Waals surface area contributed by atoms with Crippen LogP contribution in [0.4, 0.5) is 0 Å². The summed E-state index contributed by atoms with van der Waals surface area (Å²) in [5.74, 6) is -0.864. The maximum Gasteiger partial charge on any atom is 0.313 e. The molecule has 1 aromatic carbocycles. The number of ketones is 1. The molecule has 2 rings (SSSR count). The fourth-order valence-corrected chi connectivity index (χ4v) is 2.46. The van der Waals surface area contributed by atoms with Crippen molar-refractivity contribution in [2.24, 2.45) is 5.11 Å². The summed E-state index contributed by atoms with van der Waals surface area (Å²) in [7, 11) is 1.45. The second-order valence-corrected chi connectivity index (χ2v) is 5.30. The number of Topliss-reactive ketones (excluding diaryl/α,β-unsaturated/α-hetero) is 1. The number of aromatic nitrogens is 1. The number of azide groups is 1. The molecule has 2 aromatic rings. The van der Waals surface area contributed by atoms with Gasteiger partial charge in [0.05, 0.1) is 19.2 Å². The van der Waals surface area contributed by atoms with Crippen LogP contribution in [0.15, 0.2) is 29.4 Å². The number of hydrogen-bond donors (Lipinski definition) is 0. The summed E-state index contributed by atoms with van der Waals surface area (Å²) in [5.41, 5.74) is 10.7. The number of ether oxygens (including phenoxy) is 2. The van der Waals surface area contributed by atoms with Crippen LogP contribution in [0.25, 0.3) is 21.3 Å². The molecule has 0 radical (unpaired) electrons. The molecular formula is C17H18N4O4. The summed E-state index contributed by atoms with van der Waals surface area (Å²) in [5, 5.41) is 4.33. The molecule has 0 N–H and O–H groups in total. The molecule has 0 amide bonds. The number of carbonyl (C=O) groups excluding carboxylic acids is 2. The highest BCUT2D eigenvalue weighted by Gasteiger charge is 2.26. The minimum atomic E-state index is -1.19. The predicted molar refractivity (Wildman–Crippen MR) is 91.2 cm³/mol. The van der Waals surface area contributed by atoms with Crippen LogP contribution in [0.3, 0.4) is 0 Å². The fraction of sp³-hybridized carbons (Fsp3) is 0.353. The number of fused-ring (bicyclic) bond motifs is 1. The lowest BCUT2D eigenvalue weighted by atomic mass is 9.98. The Labute approximate surface area is 144 Å². The van der Waals surface area contributed by atoms with Gasteiger partial charge in [0, 0.05) is 27.6 Å². The zero-order chi connectivity index (χ0) is 18.4. The lowest BCUT2D eigenvalue weighted by Gasteiger charge is -2.15. The van der Waals surface area contributed by atoms with E-state index in [0.29, 0.717) is 16.8 Å². The highest BCUT2D eigenvalue weighted by Crippen LogP contribution is 2.33. The summed E-state index contributed by atoms with van der Waals surface area (Å²) in [4.78, 5) is 31.2. The minimum absolute atomic E-state index is 0.169. The molecule has 0 aliphatic heterocycles. The predicted octanol–water partition coefficient (Wildman–Crippen LogP) is 3.43. The van der Waals surface area contributed by atoms with Gasteiger partial charge in [-0.25, -0.2) is 0 Å². The highest BCUT2D eigenvalue weighted by atomic mass is 16.5. The summed E-state index contributed by atoms with van der Waals surface area (Å²) in [6.45, 7) is 3.68. The molecule has 0 aliphatic carbocycles. The first-order valence-electron chi connectivity index (χ1n) is 7.68. The van der Waals surface area contributed by atoms with E-state index in [1.54, 1.807) is 19.1 Å². The van der Waals surface area contributed by atoms with Crippen molar-refractivity contribution in [3.05, 3.63) is 46.0 Å². The Morgan fingerprint density at radius 3 is 2.76 bits per heavy atom. The lowest BCUT2D eigenvalue weighted by molar-refractivity contribution is -0.145. The quantitative estimate of drug-likeness (QED) is 0.251. The monoisotopic (exact) mass is 342 g/mol. The second kappa shape index (κ2) is 8.12. The number of carbonyl (C=O) groups is 2. The molecule has 0 bridgehead atoms. The number of benzene rings is 1. The van der Waals surface area contributed by atoms with E-state index < -0.39 is 24.2 Å². The summed E-state index contributed by atoms with van der Waals surface area (Å²) >= 11 is 0. The van der Waals surface area contributed by atoms with Gasteiger partial charge in [0.15, 0.2) is 5.78 Å². The molecule has 0 spiro atoms. The van der Waals surface area contributed by atoms with E-state index in [2.05, 4.69) is 15.0 Å². The Morgan fingerprint density at radius 2 is 2.12 bits per heavy atom. The van der Waals surface area contributed by atoms with Gasteiger partial charge in [0.1, 0.15) is 18.2 Å². The maximum absolute atomic E-state index is 12.4. The van der Waals surface area contributed by atoms with Crippen molar-refractivity contribution in [1.82, 2.24) is 4.98 Å². The van der Waals surface area contributed by atoms with Crippen LogP contribution in [0.5, 0.6) is 5.75 Å². The van der Waals surface area contributed by atoms with E-state index in [1.165, 1.54) is 7.11 Å². The molecule has 8 heteroatoms. The van der Waals surface area contributed by atoms with E-state index in [4.69, 9.17) is 15.0 Å². The van der Waals surface area contributed by atoms with Crippen LogP contribution in [-0.2, 0) is 14.3 Å². The first-order chi connectivity index (χ1) is 12.0. The van der Waals surface area contributed by atoms with Crippen LogP contribution < -0.4 is 4.74 Å². The molecule has 25 heavy (non-hydrogen) atoms. The molecule has 130 valence electrons. The first kappa shape index (κ1) is 18.2. The smallest absolute Gasteiger partial charge is 0.313 e. The van der Waals surface area contributed by atoms with E-state index >= 15 is 0 Å². The van der Waals surface area contributed by atoms with Crippen molar-refractivity contribution in [2.75, 3.05) is 13.7 Å². The number of pyridine rings is 1. The summed E-state index contributed by atoms with van der Waals surface area (Å²) < 4.78 is 10.1. The van der Waals surface area contributed by atoms with E-state index in [9.17, 15) is 9.59 Å². The van der Waals surface area contributed by atoms with Crippen molar-refractivity contribution in [3.63, 3.8) is 0 Å². The van der Waals surface area contributed by atoms with Crippen LogP contribution in [-0.4, -0.2) is 30.5 Å². The van der Waals surface area contributed by atoms with Crippen molar-refractivity contribution in [1.29, 1.82) is 0 Å². The third kappa shape index (κ3) is 4.24. The zero-order valence-electron chi connectivity index (χ0n) is 14.2. The van der Waals surface area contributed by atoms with Crippen LogP contribution in [0, 0.1) is 6.92 Å². The van der Waals surface area contributed by atoms with Crippen LogP contribution in [0.1, 0.15) is 30.6 Å². The van der Waals surface area contributed by atoms with Gasteiger partial charge in [0.2, 0.25) is 0 Å². The Hall–Kier alpha value is -3.12. The first-order valence-corrected chi connectivity index (χ1v) is 7.68. The SMILES string of the molecule is CCOC(=O)CC(=O)[C@@H](N=[N+]=[N-])c1cc2ccc(C)nc2cc1OC. The second-order valence-electron chi connectivity index (χ2n) is 5.30. The number of hydrogen-bond acceptors (Lipinski definition) is 6. The van der Waals surface area contributed by atoms with Crippen LogP contribution >= 0.6 is 0 Å². The molecule has 0 saturated heterocycles. The molecule has 0 aliphatic rings. The van der Waals surface area contributed by atoms with Gasteiger partial charge >= 0.3 is 5.97 Å². The third-order valence-corrected chi connectivity index (χ3v) is 3.57. The van der Waals surface area contributed by atoms with Crippen LogP contribution in [0.2, 0.25) is 0 Å². The van der Waals surface area contributed by atoms with Crippen molar-refractivity contribution in [3.8, 4) is 5.75 Å². The molecular weight excluding hydrogens is 324 g/mol. The Kier molecular flexibility index (Phi) is 5.92. The number of nitrogens with zero attached hydrogens (tertiary/aromatic N) is 4. The number of methoxy groups -OCH3 is 1. The molecule has 1 aromatic heterocycles. The van der Waals surface area contributed by atoms with Crippen molar-refractivity contribution >= 4 is 22.7 Å². The zero-order valence-corrected chi connectivity index (χ0v) is 14.2. The fourth-order valence-electron chi connectivity index (χ4n) is 2.46. The Bertz CT molecular complexity index is 859. The minimum Gasteiger partial charge on any atom is -0.496 e. The van der Waals surface area contributed by atoms with Gasteiger partial charge in [-0.05, 0) is 31.5 Å². The molecule has 0 fully saturated rings. The topological polar surface area (TPSA) is 114 Å². The molecule has 0 unspecified atom stereocenters. The standard InChI is InChI=1S/C17H18N4O4/c1-4-25-16(23)9-14(22)17(20-21-18)12-7-11-6-5-10(2)19-13(11)8-15(12)24-3/h5-8,17H,4,9H2,1-3H3/t17-/m0/s1. The Balaban J connectivity index is 2.49. The van der Waals surface area contributed by atoms with Crippen molar-refractivity contribution < 1.29 is 19.1 Å². The number of aryl methyl sites for hydroxylation is 1. The van der Waals surface area contributed by atoms with E-state index in [0.717, 1.165) is 11.1 Å². The lowest BCUT2D eigenvalue weighted by Crippen LogP contribution is -2.17. The molecule has 0 saturated carbocycles. The normalized spacial score (nSPS) is 11.5. The van der Waals surface area contributed by atoms with Gasteiger partial charge in [-0.3, -0.25) is 14.6 Å². The maximum atomic E-state index is 12.4. The van der Waals surface area contributed by atoms with Gasteiger partial charge in [-0.1, -0.05) is 11.2 Å². The van der Waals surface area contributed by atoms with E-state index in [1.807, 2.05) is 19.1 Å². The number of esters is 1. The highest BCUT2D eigenvalue weighted by molar-refractivity contribution is 6.00. The van der Waals surface area contributed by atoms with Gasteiger partial charge < -0.3 is 9.47 Å². The van der Waals surface area contributed by atoms with Gasteiger partial charge in [-0.15, -0.1) is 0 Å². The largest absolute Gasteiger partial charge is 0.496 e. The third-order valence-electron chi connectivity index (χ3n) is 3.57. The Morgan fingerprint density at radius 1 is 1.36 bits per heavy atom. The summed E-state index contributed by atoms with van der Waals surface area (Å²) in [6.07, 6.45) is -0.481. The summed E-state index contributed by atoms with van der Waals surface area (Å²) in [6, 6.07) is 5.86. The van der Waals surface area contributed by atoms with Gasteiger partial charge in [0.25, 0.3) is 0 Å². The van der Waals surface area contributed by atoms with E-state index in [-0.39, 0.29) is 6.61 Å².